The van der Waals surface area contributed by atoms with Crippen LogP contribution >= 0.6 is 11.3 Å². The zero-order valence-corrected chi connectivity index (χ0v) is 17.0. The summed E-state index contributed by atoms with van der Waals surface area (Å²) in [6.07, 6.45) is 3.21. The summed E-state index contributed by atoms with van der Waals surface area (Å²) in [5.74, 6) is -0.951. The summed E-state index contributed by atoms with van der Waals surface area (Å²) in [5.41, 5.74) is 2.03. The Morgan fingerprint density at radius 2 is 1.86 bits per heavy atom. The second-order valence-corrected chi connectivity index (χ2v) is 8.24. The Labute approximate surface area is 169 Å². The van der Waals surface area contributed by atoms with Crippen molar-refractivity contribution in [1.29, 1.82) is 5.26 Å². The van der Waals surface area contributed by atoms with Gasteiger partial charge in [0.1, 0.15) is 10.4 Å². The zero-order chi connectivity index (χ0) is 20.1. The van der Waals surface area contributed by atoms with Gasteiger partial charge < -0.3 is 10.1 Å². The van der Waals surface area contributed by atoms with Crippen molar-refractivity contribution in [2.24, 2.45) is 0 Å². The molecule has 6 heteroatoms. The first-order chi connectivity index (χ1) is 13.4. The van der Waals surface area contributed by atoms with E-state index in [4.69, 9.17) is 4.74 Å². The molecule has 1 aromatic heterocycles. The summed E-state index contributed by atoms with van der Waals surface area (Å²) in [6.45, 7) is 3.55. The molecule has 0 saturated heterocycles. The summed E-state index contributed by atoms with van der Waals surface area (Å²) >= 11 is 1.29. The first kappa shape index (κ1) is 20.1. The van der Waals surface area contributed by atoms with E-state index in [2.05, 4.69) is 11.4 Å². The van der Waals surface area contributed by atoms with Crippen LogP contribution in [0.25, 0.3) is 11.1 Å². The quantitative estimate of drug-likeness (QED) is 0.749. The molecule has 28 heavy (non-hydrogen) atoms. The smallest absolute Gasteiger partial charge is 0.349 e. The highest BCUT2D eigenvalue weighted by molar-refractivity contribution is 7.12. The van der Waals surface area contributed by atoms with Crippen LogP contribution in [0.3, 0.4) is 0 Å². The lowest BCUT2D eigenvalue weighted by Gasteiger charge is -2.32. The summed E-state index contributed by atoms with van der Waals surface area (Å²) in [7, 11) is 0. The number of carbonyl (C=O) groups is 2. The number of esters is 1. The van der Waals surface area contributed by atoms with Crippen LogP contribution in [0.5, 0.6) is 0 Å². The molecule has 1 atom stereocenters. The van der Waals surface area contributed by atoms with Crippen LogP contribution in [0.4, 0.5) is 0 Å². The molecule has 1 saturated carbocycles. The zero-order valence-electron chi connectivity index (χ0n) is 16.2. The molecule has 0 bridgehead atoms. The third-order valence-electron chi connectivity index (χ3n) is 5.15. The van der Waals surface area contributed by atoms with Crippen molar-refractivity contribution < 1.29 is 14.3 Å². The molecule has 1 aliphatic carbocycles. The lowest BCUT2D eigenvalue weighted by atomic mass is 9.83. The predicted molar refractivity (Wildman–Crippen MR) is 109 cm³/mol. The average Bonchev–Trinajstić information content (AvgIpc) is 3.19. The Morgan fingerprint density at radius 1 is 1.18 bits per heavy atom. The van der Waals surface area contributed by atoms with Gasteiger partial charge in [-0.3, -0.25) is 4.79 Å². The molecule has 0 radical (unpaired) electrons. The van der Waals surface area contributed by atoms with E-state index in [-0.39, 0.29) is 0 Å². The molecule has 1 amide bonds. The molecule has 2 aromatic rings. The highest BCUT2D eigenvalue weighted by Gasteiger charge is 2.35. The number of nitrogens with zero attached hydrogens (tertiary/aromatic N) is 1. The number of benzene rings is 1. The number of aryl methyl sites for hydroxylation is 1. The molecule has 0 unspecified atom stereocenters. The highest BCUT2D eigenvalue weighted by Crippen LogP contribution is 2.30. The van der Waals surface area contributed by atoms with Crippen LogP contribution in [-0.4, -0.2) is 23.5 Å². The fourth-order valence-corrected chi connectivity index (χ4v) is 4.25. The fourth-order valence-electron chi connectivity index (χ4n) is 3.45. The van der Waals surface area contributed by atoms with Gasteiger partial charge in [0.2, 0.25) is 0 Å². The maximum absolute atomic E-state index is 12.7. The van der Waals surface area contributed by atoms with E-state index in [1.165, 1.54) is 11.3 Å². The van der Waals surface area contributed by atoms with Crippen LogP contribution in [-0.2, 0) is 9.53 Å². The van der Waals surface area contributed by atoms with Gasteiger partial charge in [-0.2, -0.15) is 5.26 Å². The van der Waals surface area contributed by atoms with Gasteiger partial charge in [-0.05, 0) is 43.7 Å². The van der Waals surface area contributed by atoms with Gasteiger partial charge in [-0.1, -0.05) is 49.1 Å². The second kappa shape index (κ2) is 8.57. The van der Waals surface area contributed by atoms with Gasteiger partial charge in [0.05, 0.1) is 6.07 Å². The Hall–Kier alpha value is -2.65. The average molecular weight is 397 g/mol. The minimum absolute atomic E-state index is 0.426. The van der Waals surface area contributed by atoms with Gasteiger partial charge in [0, 0.05) is 5.56 Å². The molecule has 5 nitrogen and oxygen atoms in total. The minimum Gasteiger partial charge on any atom is -0.448 e. The van der Waals surface area contributed by atoms with Crippen molar-refractivity contribution in [3.8, 4) is 17.2 Å². The molecule has 0 aliphatic heterocycles. The standard InChI is InChI=1S/C22H24N2O3S/c1-15-6-8-17(9-7-15)18-10-13-28-19(18)21(26)27-16(2)20(25)24-22(14-23)11-4-3-5-12-22/h6-10,13,16H,3-5,11-12H2,1-2H3,(H,24,25)/t16-/m0/s1. The van der Waals surface area contributed by atoms with Crippen molar-refractivity contribution in [3.05, 3.63) is 46.2 Å². The number of carbonyl (C=O) groups excluding carboxylic acids is 2. The number of nitriles is 1. The van der Waals surface area contributed by atoms with Crippen LogP contribution in [0, 0.1) is 18.3 Å². The normalized spacial score (nSPS) is 16.6. The highest BCUT2D eigenvalue weighted by atomic mass is 32.1. The van der Waals surface area contributed by atoms with Crippen LogP contribution in [0.2, 0.25) is 0 Å². The summed E-state index contributed by atoms with van der Waals surface area (Å²) in [5, 5.41) is 14.2. The van der Waals surface area contributed by atoms with Crippen molar-refractivity contribution in [1.82, 2.24) is 5.32 Å². The van der Waals surface area contributed by atoms with E-state index in [1.807, 2.05) is 42.6 Å². The first-order valence-corrected chi connectivity index (χ1v) is 10.4. The van der Waals surface area contributed by atoms with Gasteiger partial charge in [-0.15, -0.1) is 11.3 Å². The van der Waals surface area contributed by atoms with E-state index < -0.39 is 23.5 Å². The van der Waals surface area contributed by atoms with E-state index in [1.54, 1.807) is 6.92 Å². The number of nitrogens with one attached hydrogen (secondary N) is 1. The number of hydrogen-bond donors (Lipinski definition) is 1. The van der Waals surface area contributed by atoms with E-state index in [9.17, 15) is 14.9 Å². The first-order valence-electron chi connectivity index (χ1n) is 9.53. The van der Waals surface area contributed by atoms with Gasteiger partial charge in [0.15, 0.2) is 6.10 Å². The molecule has 3 rings (SSSR count). The van der Waals surface area contributed by atoms with Crippen LogP contribution in [0.1, 0.15) is 54.3 Å². The number of ether oxygens (including phenoxy) is 1. The van der Waals surface area contributed by atoms with E-state index in [0.717, 1.165) is 36.0 Å². The number of hydrogen-bond acceptors (Lipinski definition) is 5. The molecule has 1 heterocycles. The Morgan fingerprint density at radius 3 is 2.50 bits per heavy atom. The van der Waals surface area contributed by atoms with Gasteiger partial charge in [-0.25, -0.2) is 4.79 Å². The maximum atomic E-state index is 12.7. The topological polar surface area (TPSA) is 79.2 Å². The van der Waals surface area contributed by atoms with Gasteiger partial charge in [0.25, 0.3) is 5.91 Å². The minimum atomic E-state index is -0.965. The Bertz CT molecular complexity index is 889. The van der Waals surface area contributed by atoms with Crippen LogP contribution < -0.4 is 5.32 Å². The molecule has 1 fully saturated rings. The van der Waals surface area contributed by atoms with Crippen molar-refractivity contribution in [2.75, 3.05) is 0 Å². The third-order valence-corrected chi connectivity index (χ3v) is 6.04. The van der Waals surface area contributed by atoms with Gasteiger partial charge >= 0.3 is 5.97 Å². The predicted octanol–water partition coefficient (Wildman–Crippen LogP) is 4.61. The lowest BCUT2D eigenvalue weighted by molar-refractivity contribution is -0.130. The molecule has 0 spiro atoms. The molecule has 1 N–H and O–H groups in total. The van der Waals surface area contributed by atoms with Crippen molar-refractivity contribution >= 4 is 23.2 Å². The van der Waals surface area contributed by atoms with E-state index in [0.29, 0.717) is 17.7 Å². The molecular formula is C22H24N2O3S. The SMILES string of the molecule is Cc1ccc(-c2ccsc2C(=O)O[C@@H](C)C(=O)NC2(C#N)CCCCC2)cc1. The number of thiophene rings is 1. The Kier molecular flexibility index (Phi) is 6.15. The molecule has 1 aliphatic rings. The largest absolute Gasteiger partial charge is 0.448 e. The van der Waals surface area contributed by atoms with Crippen LogP contribution in [0.15, 0.2) is 35.7 Å². The molecular weight excluding hydrogens is 372 g/mol. The fraction of sp³-hybridized carbons (Fsp3) is 0.409. The number of rotatable bonds is 5. The maximum Gasteiger partial charge on any atom is 0.349 e. The number of amides is 1. The van der Waals surface area contributed by atoms with Crippen molar-refractivity contribution in [2.45, 2.75) is 57.6 Å². The lowest BCUT2D eigenvalue weighted by Crippen LogP contribution is -2.52. The molecule has 146 valence electrons. The summed E-state index contributed by atoms with van der Waals surface area (Å²) in [6, 6.07) is 12.0. The summed E-state index contributed by atoms with van der Waals surface area (Å²) in [4.78, 5) is 25.7. The third kappa shape index (κ3) is 4.42. The van der Waals surface area contributed by atoms with Crippen molar-refractivity contribution in [3.63, 3.8) is 0 Å². The second-order valence-electron chi connectivity index (χ2n) is 7.32. The molecule has 1 aromatic carbocycles. The monoisotopic (exact) mass is 396 g/mol. The Balaban J connectivity index is 1.68. The summed E-state index contributed by atoms with van der Waals surface area (Å²) < 4.78 is 5.42. The van der Waals surface area contributed by atoms with E-state index >= 15 is 0 Å².